The molecule has 0 radical (unpaired) electrons. The first-order valence-electron chi connectivity index (χ1n) is 6.10. The lowest BCUT2D eigenvalue weighted by Gasteiger charge is -2.25. The van der Waals surface area contributed by atoms with Crippen LogP contribution in [0.4, 0.5) is 0 Å². The molecule has 6 nitrogen and oxygen atoms in total. The van der Waals surface area contributed by atoms with Gasteiger partial charge in [-0.05, 0) is 24.6 Å². The summed E-state index contributed by atoms with van der Waals surface area (Å²) in [7, 11) is 1.62. The van der Waals surface area contributed by atoms with Gasteiger partial charge in [-0.15, -0.1) is 0 Å². The average Bonchev–Trinajstić information content (AvgIpc) is 2.75. The van der Waals surface area contributed by atoms with Crippen molar-refractivity contribution < 1.29 is 14.3 Å². The number of nitrogens with one attached hydrogen (secondary N) is 2. The molecule has 3 rings (SSSR count). The van der Waals surface area contributed by atoms with Crippen LogP contribution in [0.5, 0.6) is 11.5 Å². The summed E-state index contributed by atoms with van der Waals surface area (Å²) in [5.41, 5.74) is -0.0297. The molecule has 1 unspecified atom stereocenters. The first-order valence-corrected chi connectivity index (χ1v) is 6.10. The van der Waals surface area contributed by atoms with Crippen molar-refractivity contribution in [3.63, 3.8) is 0 Å². The minimum absolute atomic E-state index is 0.134. The van der Waals surface area contributed by atoms with E-state index in [2.05, 4.69) is 15.6 Å². The van der Waals surface area contributed by atoms with Gasteiger partial charge >= 0.3 is 0 Å². The molecule has 2 aliphatic heterocycles. The largest absolute Gasteiger partial charge is 0.486 e. The molecule has 2 N–H and O–H groups in total. The normalized spacial score (nSPS) is 27.1. The summed E-state index contributed by atoms with van der Waals surface area (Å²) < 4.78 is 11.0. The fourth-order valence-electron chi connectivity index (χ4n) is 2.23. The zero-order chi connectivity index (χ0) is 13.5. The van der Waals surface area contributed by atoms with Gasteiger partial charge in [0.15, 0.2) is 17.5 Å². The molecule has 100 valence electrons. The Morgan fingerprint density at radius 1 is 1.26 bits per heavy atom. The van der Waals surface area contributed by atoms with E-state index < -0.39 is 5.54 Å². The Balaban J connectivity index is 2.00. The van der Waals surface area contributed by atoms with Crippen molar-refractivity contribution in [1.82, 2.24) is 10.6 Å². The number of hydrogen-bond donors (Lipinski definition) is 2. The number of carbonyl (C=O) groups excluding carboxylic acids is 1. The Morgan fingerprint density at radius 3 is 2.68 bits per heavy atom. The third kappa shape index (κ3) is 1.80. The number of nitrogens with zero attached hydrogens (tertiary/aromatic N) is 1. The van der Waals surface area contributed by atoms with E-state index in [1.165, 1.54) is 0 Å². The molecule has 19 heavy (non-hydrogen) atoms. The Labute approximate surface area is 110 Å². The van der Waals surface area contributed by atoms with Gasteiger partial charge in [0.1, 0.15) is 18.8 Å². The van der Waals surface area contributed by atoms with Crippen molar-refractivity contribution in [2.45, 2.75) is 12.5 Å². The Hall–Kier alpha value is -2.24. The standard InChI is InChI=1S/C13H15N3O3/c1-13(11(17)15-12(14-2)16-13)8-3-4-9-10(7-8)19-6-5-18-9/h3-4,7H,5-6H2,1-2H3,(H2,14,15,16,17). The van der Waals surface area contributed by atoms with Crippen LogP contribution >= 0.6 is 0 Å². The van der Waals surface area contributed by atoms with Gasteiger partial charge in [-0.3, -0.25) is 15.1 Å². The fourth-order valence-corrected chi connectivity index (χ4v) is 2.23. The smallest absolute Gasteiger partial charge is 0.256 e. The number of hydrogen-bond acceptors (Lipinski definition) is 4. The number of carbonyl (C=O) groups is 1. The molecular weight excluding hydrogens is 246 g/mol. The van der Waals surface area contributed by atoms with E-state index in [1.54, 1.807) is 7.05 Å². The van der Waals surface area contributed by atoms with Crippen LogP contribution in [0.2, 0.25) is 0 Å². The summed E-state index contributed by atoms with van der Waals surface area (Å²) in [5, 5.41) is 5.78. The molecule has 1 aromatic rings. The van der Waals surface area contributed by atoms with Crippen molar-refractivity contribution in [3.8, 4) is 11.5 Å². The molecule has 2 heterocycles. The van der Waals surface area contributed by atoms with E-state index in [0.717, 1.165) is 5.56 Å². The maximum absolute atomic E-state index is 12.1. The van der Waals surface area contributed by atoms with Crippen molar-refractivity contribution in [1.29, 1.82) is 0 Å². The van der Waals surface area contributed by atoms with Gasteiger partial charge in [0.05, 0.1) is 0 Å². The van der Waals surface area contributed by atoms with Crippen LogP contribution < -0.4 is 20.1 Å². The number of rotatable bonds is 1. The van der Waals surface area contributed by atoms with Crippen molar-refractivity contribution in [2.75, 3.05) is 20.3 Å². The molecule has 1 amide bonds. The van der Waals surface area contributed by atoms with Gasteiger partial charge in [-0.25, -0.2) is 0 Å². The fraction of sp³-hybridized carbons (Fsp3) is 0.385. The highest BCUT2D eigenvalue weighted by Crippen LogP contribution is 2.35. The summed E-state index contributed by atoms with van der Waals surface area (Å²) in [6.45, 7) is 2.88. The molecule has 6 heteroatoms. The second-order valence-corrected chi connectivity index (χ2v) is 4.63. The van der Waals surface area contributed by atoms with Crippen LogP contribution in [-0.2, 0) is 10.3 Å². The third-order valence-corrected chi connectivity index (χ3v) is 3.40. The van der Waals surface area contributed by atoms with E-state index >= 15 is 0 Å². The van der Waals surface area contributed by atoms with E-state index in [-0.39, 0.29) is 5.91 Å². The molecule has 0 aliphatic carbocycles. The first-order chi connectivity index (χ1) is 9.13. The highest BCUT2D eigenvalue weighted by molar-refractivity contribution is 6.09. The van der Waals surface area contributed by atoms with Crippen molar-refractivity contribution in [3.05, 3.63) is 23.8 Å². The van der Waals surface area contributed by atoms with E-state index in [4.69, 9.17) is 9.47 Å². The Bertz CT molecular complexity index is 570. The highest BCUT2D eigenvalue weighted by atomic mass is 16.6. The molecule has 2 aliphatic rings. The second-order valence-electron chi connectivity index (χ2n) is 4.63. The first kappa shape index (κ1) is 11.8. The molecule has 0 saturated carbocycles. The SMILES string of the molecule is CN=C1NC(=O)C(C)(c2ccc3c(c2)OCCO3)N1. The summed E-state index contributed by atoms with van der Waals surface area (Å²) in [6, 6.07) is 5.52. The number of ether oxygens (including phenoxy) is 2. The minimum Gasteiger partial charge on any atom is -0.486 e. The molecule has 1 atom stereocenters. The van der Waals surface area contributed by atoms with E-state index in [9.17, 15) is 4.79 Å². The maximum Gasteiger partial charge on any atom is 0.256 e. The predicted octanol–water partition coefficient (Wildman–Crippen LogP) is 0.378. The Morgan fingerprint density at radius 2 is 2.00 bits per heavy atom. The lowest BCUT2D eigenvalue weighted by Crippen LogP contribution is -2.40. The summed E-state index contributed by atoms with van der Waals surface area (Å²) in [4.78, 5) is 16.1. The number of aliphatic imine (C=N–C) groups is 1. The lowest BCUT2D eigenvalue weighted by atomic mass is 9.92. The molecule has 0 aromatic heterocycles. The third-order valence-electron chi connectivity index (χ3n) is 3.40. The maximum atomic E-state index is 12.1. The monoisotopic (exact) mass is 261 g/mol. The minimum atomic E-state index is -0.843. The second kappa shape index (κ2) is 4.15. The summed E-state index contributed by atoms with van der Waals surface area (Å²) in [5.74, 6) is 1.72. The Kier molecular flexibility index (Phi) is 2.58. The number of fused-ring (bicyclic) bond motifs is 1. The van der Waals surface area contributed by atoms with Crippen LogP contribution in [0, 0.1) is 0 Å². The van der Waals surface area contributed by atoms with Gasteiger partial charge in [-0.1, -0.05) is 6.07 Å². The number of benzene rings is 1. The molecule has 1 fully saturated rings. The van der Waals surface area contributed by atoms with Gasteiger partial charge < -0.3 is 14.8 Å². The topological polar surface area (TPSA) is 72.0 Å². The lowest BCUT2D eigenvalue weighted by molar-refractivity contribution is -0.123. The van der Waals surface area contributed by atoms with Gasteiger partial charge in [0.25, 0.3) is 5.91 Å². The van der Waals surface area contributed by atoms with Gasteiger partial charge in [0, 0.05) is 7.05 Å². The van der Waals surface area contributed by atoms with Crippen LogP contribution in [0.3, 0.4) is 0 Å². The van der Waals surface area contributed by atoms with Crippen LogP contribution in [-0.4, -0.2) is 32.1 Å². The predicted molar refractivity (Wildman–Crippen MR) is 69.4 cm³/mol. The molecule has 1 saturated heterocycles. The van der Waals surface area contributed by atoms with Crippen LogP contribution in [0.1, 0.15) is 12.5 Å². The van der Waals surface area contributed by atoms with Crippen molar-refractivity contribution >= 4 is 11.9 Å². The zero-order valence-electron chi connectivity index (χ0n) is 10.8. The quantitative estimate of drug-likeness (QED) is 0.766. The van der Waals surface area contributed by atoms with Gasteiger partial charge in [-0.2, -0.15) is 0 Å². The zero-order valence-corrected chi connectivity index (χ0v) is 10.8. The molecule has 1 aromatic carbocycles. The van der Waals surface area contributed by atoms with E-state index in [1.807, 2.05) is 25.1 Å². The molecule has 0 spiro atoms. The van der Waals surface area contributed by atoms with Gasteiger partial charge in [0.2, 0.25) is 0 Å². The summed E-state index contributed by atoms with van der Waals surface area (Å²) in [6.07, 6.45) is 0. The van der Waals surface area contributed by atoms with Crippen LogP contribution in [0.25, 0.3) is 0 Å². The van der Waals surface area contributed by atoms with Crippen LogP contribution in [0.15, 0.2) is 23.2 Å². The number of amides is 1. The average molecular weight is 261 g/mol. The highest BCUT2D eigenvalue weighted by Gasteiger charge is 2.42. The number of guanidine groups is 1. The molecular formula is C13H15N3O3. The summed E-state index contributed by atoms with van der Waals surface area (Å²) >= 11 is 0. The molecule has 0 bridgehead atoms. The van der Waals surface area contributed by atoms with E-state index in [0.29, 0.717) is 30.7 Å². The van der Waals surface area contributed by atoms with Crippen molar-refractivity contribution in [2.24, 2.45) is 4.99 Å².